The monoisotopic (exact) mass is 284 g/mol. The van der Waals surface area contributed by atoms with Crippen LogP contribution in [0.2, 0.25) is 0 Å². The summed E-state index contributed by atoms with van der Waals surface area (Å²) in [5.41, 5.74) is -1.18. The van der Waals surface area contributed by atoms with Crippen LogP contribution in [0.3, 0.4) is 0 Å². The highest BCUT2D eigenvalue weighted by molar-refractivity contribution is 5.85. The number of carbonyl (C=O) groups excluding carboxylic acids is 1. The van der Waals surface area contributed by atoms with Gasteiger partial charge in [-0.25, -0.2) is 9.59 Å². The molecule has 0 aromatic rings. The van der Waals surface area contributed by atoms with E-state index in [1.54, 1.807) is 6.92 Å². The van der Waals surface area contributed by atoms with Gasteiger partial charge in [-0.15, -0.1) is 0 Å². The lowest BCUT2D eigenvalue weighted by atomic mass is 9.96. The third-order valence-electron chi connectivity index (χ3n) is 4.05. The van der Waals surface area contributed by atoms with E-state index < -0.39 is 11.5 Å². The lowest BCUT2D eigenvalue weighted by molar-refractivity contribution is -0.144. The summed E-state index contributed by atoms with van der Waals surface area (Å²) in [6.07, 6.45) is 9.13. The zero-order valence-electron chi connectivity index (χ0n) is 12.7. The van der Waals surface area contributed by atoms with E-state index in [1.165, 1.54) is 19.3 Å². The number of hydrogen-bond donors (Lipinski definition) is 3. The maximum Gasteiger partial charge on any atom is 0.329 e. The molecule has 1 atom stereocenters. The smallest absolute Gasteiger partial charge is 0.329 e. The normalized spacial score (nSPS) is 20.3. The van der Waals surface area contributed by atoms with E-state index in [2.05, 4.69) is 10.6 Å². The standard InChI is InChI=1S/C15H28N2O3/c1-3-11-15(2,13(18)19)17-14(20)16-12-9-7-5-4-6-8-10-12/h12H,3-11H2,1-2H3,(H,18,19)(H2,16,17,20). The van der Waals surface area contributed by atoms with Crippen molar-refractivity contribution >= 4 is 12.0 Å². The van der Waals surface area contributed by atoms with E-state index >= 15 is 0 Å². The predicted octanol–water partition coefficient (Wildman–Crippen LogP) is 3.04. The van der Waals surface area contributed by atoms with Crippen molar-refractivity contribution in [2.45, 2.75) is 83.2 Å². The van der Waals surface area contributed by atoms with Crippen LogP contribution in [-0.2, 0) is 4.79 Å². The van der Waals surface area contributed by atoms with Crippen LogP contribution >= 0.6 is 0 Å². The number of rotatable bonds is 5. The van der Waals surface area contributed by atoms with Crippen molar-refractivity contribution in [1.82, 2.24) is 10.6 Å². The van der Waals surface area contributed by atoms with Crippen molar-refractivity contribution in [3.8, 4) is 0 Å². The minimum absolute atomic E-state index is 0.176. The minimum atomic E-state index is -1.18. The van der Waals surface area contributed by atoms with Crippen LogP contribution in [-0.4, -0.2) is 28.7 Å². The zero-order valence-corrected chi connectivity index (χ0v) is 12.7. The van der Waals surface area contributed by atoms with Crippen molar-refractivity contribution in [3.63, 3.8) is 0 Å². The van der Waals surface area contributed by atoms with Crippen molar-refractivity contribution in [3.05, 3.63) is 0 Å². The predicted molar refractivity (Wildman–Crippen MR) is 78.7 cm³/mol. The molecule has 5 heteroatoms. The van der Waals surface area contributed by atoms with Gasteiger partial charge >= 0.3 is 12.0 Å². The van der Waals surface area contributed by atoms with Gasteiger partial charge < -0.3 is 15.7 Å². The van der Waals surface area contributed by atoms with Crippen LogP contribution in [0.25, 0.3) is 0 Å². The van der Waals surface area contributed by atoms with E-state index in [9.17, 15) is 14.7 Å². The molecule has 0 aromatic carbocycles. The number of urea groups is 1. The fourth-order valence-corrected chi connectivity index (χ4v) is 2.80. The van der Waals surface area contributed by atoms with E-state index in [0.29, 0.717) is 12.8 Å². The fourth-order valence-electron chi connectivity index (χ4n) is 2.80. The maximum atomic E-state index is 12.0. The van der Waals surface area contributed by atoms with Gasteiger partial charge in [0.25, 0.3) is 0 Å². The number of carbonyl (C=O) groups is 2. The second kappa shape index (κ2) is 8.12. The summed E-state index contributed by atoms with van der Waals surface area (Å²) < 4.78 is 0. The van der Waals surface area contributed by atoms with Gasteiger partial charge in [0, 0.05) is 6.04 Å². The molecule has 1 rings (SSSR count). The molecule has 1 saturated carbocycles. The number of hydrogen-bond acceptors (Lipinski definition) is 2. The number of nitrogens with one attached hydrogen (secondary N) is 2. The highest BCUT2D eigenvalue weighted by Gasteiger charge is 2.34. The Bertz CT molecular complexity index is 325. The SMILES string of the molecule is CCCC(C)(NC(=O)NC1CCCCCCC1)C(=O)O. The minimum Gasteiger partial charge on any atom is -0.480 e. The van der Waals surface area contributed by atoms with Crippen molar-refractivity contribution in [1.29, 1.82) is 0 Å². The fraction of sp³-hybridized carbons (Fsp3) is 0.867. The summed E-state index contributed by atoms with van der Waals surface area (Å²) >= 11 is 0. The molecule has 1 aliphatic rings. The molecule has 0 heterocycles. The molecular formula is C15H28N2O3. The van der Waals surface area contributed by atoms with Crippen molar-refractivity contribution in [2.75, 3.05) is 0 Å². The van der Waals surface area contributed by atoms with E-state index in [0.717, 1.165) is 25.7 Å². The summed E-state index contributed by atoms with van der Waals surface area (Å²) in [4.78, 5) is 23.3. The molecule has 0 radical (unpaired) electrons. The molecule has 1 fully saturated rings. The van der Waals surface area contributed by atoms with Gasteiger partial charge in [-0.2, -0.15) is 0 Å². The van der Waals surface area contributed by atoms with Crippen molar-refractivity contribution in [2.24, 2.45) is 0 Å². The lowest BCUT2D eigenvalue weighted by Gasteiger charge is -2.28. The average molecular weight is 284 g/mol. The van der Waals surface area contributed by atoms with Crippen LogP contribution in [0, 0.1) is 0 Å². The molecular weight excluding hydrogens is 256 g/mol. The molecule has 0 aliphatic heterocycles. The molecule has 0 aromatic heterocycles. The van der Waals surface area contributed by atoms with Gasteiger partial charge in [-0.3, -0.25) is 0 Å². The Balaban J connectivity index is 2.49. The van der Waals surface area contributed by atoms with Crippen LogP contribution in [0.1, 0.15) is 71.6 Å². The molecule has 116 valence electrons. The van der Waals surface area contributed by atoms with Gasteiger partial charge in [0.2, 0.25) is 0 Å². The highest BCUT2D eigenvalue weighted by atomic mass is 16.4. The largest absolute Gasteiger partial charge is 0.480 e. The van der Waals surface area contributed by atoms with Gasteiger partial charge in [-0.05, 0) is 26.2 Å². The summed E-state index contributed by atoms with van der Waals surface area (Å²) in [5.74, 6) is -0.979. The lowest BCUT2D eigenvalue weighted by Crippen LogP contribution is -2.56. The number of amides is 2. The Labute approximate surface area is 121 Å². The van der Waals surface area contributed by atoms with Gasteiger partial charge in [0.15, 0.2) is 0 Å². The molecule has 3 N–H and O–H groups in total. The molecule has 0 bridgehead atoms. The van der Waals surface area contributed by atoms with Crippen molar-refractivity contribution < 1.29 is 14.7 Å². The summed E-state index contributed by atoms with van der Waals surface area (Å²) in [6, 6.07) is -0.177. The first kappa shape index (κ1) is 16.8. The quantitative estimate of drug-likeness (QED) is 0.726. The number of carboxylic acid groups (broad SMARTS) is 1. The first-order valence-corrected chi connectivity index (χ1v) is 7.80. The summed E-state index contributed by atoms with van der Waals surface area (Å²) in [7, 11) is 0. The molecule has 20 heavy (non-hydrogen) atoms. The Morgan fingerprint density at radius 3 is 2.20 bits per heavy atom. The zero-order chi connectivity index (χ0) is 15.0. The Kier molecular flexibility index (Phi) is 6.82. The highest BCUT2D eigenvalue weighted by Crippen LogP contribution is 2.17. The Morgan fingerprint density at radius 1 is 1.15 bits per heavy atom. The summed E-state index contributed by atoms with van der Waals surface area (Å²) in [5, 5.41) is 14.8. The second-order valence-electron chi connectivity index (χ2n) is 6.03. The van der Waals surface area contributed by atoms with Gasteiger partial charge in [0.05, 0.1) is 0 Å². The topological polar surface area (TPSA) is 78.4 Å². The first-order valence-electron chi connectivity index (χ1n) is 7.80. The Morgan fingerprint density at radius 2 is 1.70 bits per heavy atom. The van der Waals surface area contributed by atoms with Gasteiger partial charge in [0.1, 0.15) is 5.54 Å². The van der Waals surface area contributed by atoms with Crippen LogP contribution in [0.5, 0.6) is 0 Å². The second-order valence-corrected chi connectivity index (χ2v) is 6.03. The number of aliphatic carboxylic acids is 1. The third kappa shape index (κ3) is 5.39. The average Bonchev–Trinajstić information content (AvgIpc) is 2.32. The molecule has 0 saturated heterocycles. The number of carboxylic acids is 1. The van der Waals surface area contributed by atoms with E-state index in [4.69, 9.17) is 0 Å². The van der Waals surface area contributed by atoms with Crippen LogP contribution < -0.4 is 10.6 Å². The first-order chi connectivity index (χ1) is 9.48. The summed E-state index contributed by atoms with van der Waals surface area (Å²) in [6.45, 7) is 3.48. The van der Waals surface area contributed by atoms with E-state index in [-0.39, 0.29) is 12.1 Å². The molecule has 1 aliphatic carbocycles. The van der Waals surface area contributed by atoms with Crippen LogP contribution in [0.4, 0.5) is 4.79 Å². The molecule has 1 unspecified atom stereocenters. The Hall–Kier alpha value is -1.26. The van der Waals surface area contributed by atoms with Gasteiger partial charge in [-0.1, -0.05) is 45.4 Å². The van der Waals surface area contributed by atoms with E-state index in [1.807, 2.05) is 6.92 Å². The molecule has 5 nitrogen and oxygen atoms in total. The third-order valence-corrected chi connectivity index (χ3v) is 4.05. The van der Waals surface area contributed by atoms with Crippen LogP contribution in [0.15, 0.2) is 0 Å². The maximum absolute atomic E-state index is 12.0. The molecule has 2 amide bonds. The molecule has 0 spiro atoms.